The predicted octanol–water partition coefficient (Wildman–Crippen LogP) is 5.23. The average Bonchev–Trinajstić information content (AvgIpc) is 3.38. The third-order valence-corrected chi connectivity index (χ3v) is 8.79. The van der Waals surface area contributed by atoms with Crippen LogP contribution in [0.5, 0.6) is 0 Å². The van der Waals surface area contributed by atoms with Gasteiger partial charge in [0.2, 0.25) is 11.8 Å². The number of amides is 2. The van der Waals surface area contributed by atoms with E-state index in [9.17, 15) is 19.2 Å². The molecule has 0 aliphatic carbocycles. The van der Waals surface area contributed by atoms with Crippen LogP contribution in [0.4, 0.5) is 0 Å². The standard InChI is InChI=1S/C28H42N4O5S3/c1-4-5-6-7-8-12-25(35)38-14-10-9-11-20-16-23(34)30-17-24-31-21(18-40-24)27(29)39-15-13-22(33)32-26(19(2)3)28(36)37-20/h9,11,18-20,26,29H,4-8,10,12-17H2,1-3H3,(H,30,34)(H,32,33)/b11-9+,29-27?/t20?,26-/m0/s1. The Balaban J connectivity index is 2.01. The molecule has 0 saturated heterocycles. The zero-order chi connectivity index (χ0) is 29.3. The molecule has 2 atom stereocenters. The highest BCUT2D eigenvalue weighted by atomic mass is 32.2. The number of thiazole rings is 1. The Morgan fingerprint density at radius 3 is 2.75 bits per heavy atom. The lowest BCUT2D eigenvalue weighted by Gasteiger charge is -2.23. The summed E-state index contributed by atoms with van der Waals surface area (Å²) >= 11 is 3.86. The molecule has 0 spiro atoms. The molecule has 40 heavy (non-hydrogen) atoms. The maximum Gasteiger partial charge on any atom is 0.329 e. The maximum atomic E-state index is 13.0. The minimum absolute atomic E-state index is 0.0886. The Morgan fingerprint density at radius 2 is 2.00 bits per heavy atom. The van der Waals surface area contributed by atoms with E-state index in [1.165, 1.54) is 54.1 Å². The molecule has 1 unspecified atom stereocenters. The first-order valence-electron chi connectivity index (χ1n) is 13.9. The van der Waals surface area contributed by atoms with Crippen molar-refractivity contribution in [3.8, 4) is 0 Å². The number of nitrogens with one attached hydrogen (secondary N) is 3. The zero-order valence-corrected chi connectivity index (χ0v) is 26.1. The number of hydrogen-bond acceptors (Lipinski definition) is 10. The van der Waals surface area contributed by atoms with E-state index in [0.717, 1.165) is 12.8 Å². The van der Waals surface area contributed by atoms with Crippen LogP contribution in [0.3, 0.4) is 0 Å². The Morgan fingerprint density at radius 1 is 1.23 bits per heavy atom. The average molecular weight is 611 g/mol. The SMILES string of the molecule is CCCCCCCC(=O)SCC/C=C/C1CC(=O)NCc2nc(cs2)C(=N)SCCC(=O)N[C@@H](C(C)C)C(=O)O1. The molecule has 2 amide bonds. The first kappa shape index (κ1) is 34.0. The predicted molar refractivity (Wildman–Crippen MR) is 164 cm³/mol. The topological polar surface area (TPSA) is 138 Å². The lowest BCUT2D eigenvalue weighted by molar-refractivity contribution is -0.153. The van der Waals surface area contributed by atoms with E-state index in [4.69, 9.17) is 10.1 Å². The van der Waals surface area contributed by atoms with Crippen molar-refractivity contribution in [2.24, 2.45) is 5.92 Å². The van der Waals surface area contributed by atoms with E-state index in [0.29, 0.717) is 35.0 Å². The molecular formula is C28H42N4O5S3. The summed E-state index contributed by atoms with van der Waals surface area (Å²) in [6, 6.07) is -0.863. The number of carbonyl (C=O) groups is 4. The van der Waals surface area contributed by atoms with Crippen molar-refractivity contribution in [2.75, 3.05) is 11.5 Å². The van der Waals surface area contributed by atoms with E-state index < -0.39 is 18.1 Å². The van der Waals surface area contributed by atoms with Gasteiger partial charge in [0.25, 0.3) is 0 Å². The molecule has 1 aliphatic heterocycles. The molecule has 1 aromatic heterocycles. The Labute approximate surface area is 250 Å². The number of unbranched alkanes of at least 4 members (excludes halogenated alkanes) is 4. The van der Waals surface area contributed by atoms with Gasteiger partial charge in [-0.15, -0.1) is 23.1 Å². The number of thioether (sulfide) groups is 2. The second-order valence-corrected chi connectivity index (χ2v) is 13.1. The van der Waals surface area contributed by atoms with Crippen LogP contribution in [0.25, 0.3) is 0 Å². The molecule has 3 N–H and O–H groups in total. The number of ether oxygens (including phenoxy) is 1. The molecule has 0 fully saturated rings. The second-order valence-electron chi connectivity index (χ2n) is 9.90. The van der Waals surface area contributed by atoms with Gasteiger partial charge < -0.3 is 15.4 Å². The van der Waals surface area contributed by atoms with Crippen LogP contribution in [-0.4, -0.2) is 56.6 Å². The number of allylic oxidation sites excluding steroid dienone is 1. The Hall–Kier alpha value is -2.18. The van der Waals surface area contributed by atoms with Gasteiger partial charge in [-0.25, -0.2) is 9.78 Å². The summed E-state index contributed by atoms with van der Waals surface area (Å²) in [5.74, 6) is -0.463. The van der Waals surface area contributed by atoms with Crippen LogP contribution in [0.1, 0.15) is 89.3 Å². The molecule has 0 radical (unpaired) electrons. The largest absolute Gasteiger partial charge is 0.456 e. The van der Waals surface area contributed by atoms with Gasteiger partial charge in [-0.2, -0.15) is 0 Å². The summed E-state index contributed by atoms with van der Waals surface area (Å²) in [4.78, 5) is 54.8. The molecule has 2 heterocycles. The third-order valence-electron chi connectivity index (χ3n) is 6.07. The molecule has 2 bridgehead atoms. The molecule has 1 aromatic rings. The highest BCUT2D eigenvalue weighted by Gasteiger charge is 2.28. The van der Waals surface area contributed by atoms with Gasteiger partial charge in [0.1, 0.15) is 27.9 Å². The summed E-state index contributed by atoms with van der Waals surface area (Å²) in [6.07, 6.45) is 9.47. The maximum absolute atomic E-state index is 13.0. The summed E-state index contributed by atoms with van der Waals surface area (Å²) in [7, 11) is 0. The van der Waals surface area contributed by atoms with Crippen molar-refractivity contribution in [1.82, 2.24) is 15.6 Å². The molecule has 12 heteroatoms. The van der Waals surface area contributed by atoms with E-state index in [1.54, 1.807) is 11.5 Å². The number of carbonyl (C=O) groups excluding carboxylic acids is 4. The fourth-order valence-electron chi connectivity index (χ4n) is 3.79. The molecule has 2 rings (SSSR count). The van der Waals surface area contributed by atoms with E-state index in [2.05, 4.69) is 22.5 Å². The quantitative estimate of drug-likeness (QED) is 0.176. The first-order chi connectivity index (χ1) is 19.2. The molecule has 9 nitrogen and oxygen atoms in total. The van der Waals surface area contributed by atoms with Gasteiger partial charge in [-0.1, -0.05) is 64.3 Å². The second kappa shape index (κ2) is 19.0. The summed E-state index contributed by atoms with van der Waals surface area (Å²) in [6.45, 7) is 6.00. The monoisotopic (exact) mass is 610 g/mol. The fraction of sp³-hybridized carbons (Fsp3) is 0.643. The van der Waals surface area contributed by atoms with Crippen LogP contribution in [0.15, 0.2) is 17.5 Å². The molecule has 0 aromatic carbocycles. The highest BCUT2D eigenvalue weighted by molar-refractivity contribution is 8.14. The summed E-state index contributed by atoms with van der Waals surface area (Å²) < 4.78 is 5.70. The Bertz CT molecular complexity index is 1030. The fourth-order valence-corrected chi connectivity index (χ4v) is 6.11. The normalized spacial score (nSPS) is 19.8. The van der Waals surface area contributed by atoms with Gasteiger partial charge in [-0.05, 0) is 24.8 Å². The zero-order valence-electron chi connectivity index (χ0n) is 23.7. The number of esters is 1. The van der Waals surface area contributed by atoms with E-state index >= 15 is 0 Å². The van der Waals surface area contributed by atoms with Crippen LogP contribution >= 0.6 is 34.9 Å². The minimum atomic E-state index is -0.863. The van der Waals surface area contributed by atoms with Crippen LogP contribution in [0.2, 0.25) is 0 Å². The van der Waals surface area contributed by atoms with Gasteiger partial charge in [-0.3, -0.25) is 19.8 Å². The van der Waals surface area contributed by atoms with E-state index in [1.807, 2.05) is 19.9 Å². The van der Waals surface area contributed by atoms with Crippen molar-refractivity contribution in [3.63, 3.8) is 0 Å². The lowest BCUT2D eigenvalue weighted by Crippen LogP contribution is -2.46. The van der Waals surface area contributed by atoms with Gasteiger partial charge in [0, 0.05) is 29.7 Å². The van der Waals surface area contributed by atoms with Crippen molar-refractivity contribution >= 4 is 62.8 Å². The van der Waals surface area contributed by atoms with Gasteiger partial charge in [0.05, 0.1) is 13.0 Å². The van der Waals surface area contributed by atoms with Crippen molar-refractivity contribution in [2.45, 2.75) is 97.2 Å². The van der Waals surface area contributed by atoms with Gasteiger partial charge in [0.15, 0.2) is 5.12 Å². The Kier molecular flexibility index (Phi) is 16.2. The number of hydrogen-bond donors (Lipinski definition) is 3. The summed E-state index contributed by atoms with van der Waals surface area (Å²) in [5.41, 5.74) is 0.510. The third kappa shape index (κ3) is 13.5. The molecule has 0 saturated carbocycles. The molecular weight excluding hydrogens is 569 g/mol. The lowest BCUT2D eigenvalue weighted by atomic mass is 10.0. The number of rotatable bonds is 11. The smallest absolute Gasteiger partial charge is 0.329 e. The number of fused-ring (bicyclic) bond motifs is 2. The number of aromatic nitrogens is 1. The molecule has 1 aliphatic rings. The van der Waals surface area contributed by atoms with Crippen molar-refractivity contribution in [1.29, 1.82) is 5.41 Å². The number of cyclic esters (lactones) is 1. The first-order valence-corrected chi connectivity index (χ1v) is 16.8. The van der Waals surface area contributed by atoms with E-state index in [-0.39, 0.29) is 47.3 Å². The highest BCUT2D eigenvalue weighted by Crippen LogP contribution is 2.18. The van der Waals surface area contributed by atoms with Gasteiger partial charge >= 0.3 is 5.97 Å². The van der Waals surface area contributed by atoms with Crippen LogP contribution in [0, 0.1) is 11.3 Å². The van der Waals surface area contributed by atoms with Crippen molar-refractivity contribution in [3.05, 3.63) is 28.2 Å². The number of nitrogens with zero attached hydrogens (tertiary/aromatic N) is 1. The van der Waals surface area contributed by atoms with Crippen molar-refractivity contribution < 1.29 is 23.9 Å². The summed E-state index contributed by atoms with van der Waals surface area (Å²) in [5, 5.41) is 16.6. The molecule has 222 valence electrons. The minimum Gasteiger partial charge on any atom is -0.456 e. The van der Waals surface area contributed by atoms with Crippen LogP contribution in [-0.2, 0) is 30.5 Å². The van der Waals surface area contributed by atoms with Crippen LogP contribution < -0.4 is 10.6 Å².